The van der Waals surface area contributed by atoms with Crippen LogP contribution < -0.4 is 5.73 Å². The van der Waals surface area contributed by atoms with Gasteiger partial charge in [0, 0.05) is 13.0 Å². The molecule has 3 nitrogen and oxygen atoms in total. The molecule has 0 spiro atoms. The number of carbonyl (C=O) groups is 1. The van der Waals surface area contributed by atoms with Gasteiger partial charge in [0.2, 0.25) is 5.91 Å². The van der Waals surface area contributed by atoms with Crippen molar-refractivity contribution in [2.75, 3.05) is 6.61 Å². The molecule has 0 bridgehead atoms. The van der Waals surface area contributed by atoms with Crippen LogP contribution in [0.25, 0.3) is 0 Å². The van der Waals surface area contributed by atoms with Crippen LogP contribution in [0.5, 0.6) is 0 Å². The molecule has 1 atom stereocenters. The highest BCUT2D eigenvalue weighted by Gasteiger charge is 1.99. The third-order valence-corrected chi connectivity index (χ3v) is 5.68. The highest BCUT2D eigenvalue weighted by atomic mass is 16.3. The number of amides is 1. The van der Waals surface area contributed by atoms with Gasteiger partial charge in [-0.3, -0.25) is 4.79 Å². The Morgan fingerprint density at radius 2 is 0.926 bits per heavy atom. The second kappa shape index (κ2) is 21.7. The van der Waals surface area contributed by atoms with Gasteiger partial charge in [0.15, 0.2) is 0 Å². The summed E-state index contributed by atoms with van der Waals surface area (Å²) in [7, 11) is 0. The minimum atomic E-state index is -0.157. The van der Waals surface area contributed by atoms with Crippen LogP contribution in [0.3, 0.4) is 0 Å². The summed E-state index contributed by atoms with van der Waals surface area (Å²) in [5.41, 5.74) is 5.14. The highest BCUT2D eigenvalue weighted by molar-refractivity contribution is 5.73. The molecule has 0 aromatic rings. The molecule has 1 amide bonds. The largest absolute Gasteiger partial charge is 0.396 e. The van der Waals surface area contributed by atoms with Gasteiger partial charge in [-0.1, -0.05) is 116 Å². The Morgan fingerprint density at radius 1 is 0.630 bits per heavy atom. The molecule has 27 heavy (non-hydrogen) atoms. The molecule has 0 rings (SSSR count). The maximum Gasteiger partial charge on any atom is 0.217 e. The van der Waals surface area contributed by atoms with Crippen LogP contribution in [0, 0.1) is 5.92 Å². The van der Waals surface area contributed by atoms with E-state index in [9.17, 15) is 4.79 Å². The van der Waals surface area contributed by atoms with Gasteiger partial charge >= 0.3 is 0 Å². The number of hydrogen-bond donors (Lipinski definition) is 2. The number of primary amides is 1. The minimum Gasteiger partial charge on any atom is -0.396 e. The summed E-state index contributed by atoms with van der Waals surface area (Å²) < 4.78 is 0. The quantitative estimate of drug-likeness (QED) is 0.200. The van der Waals surface area contributed by atoms with Crippen molar-refractivity contribution >= 4 is 5.91 Å². The lowest BCUT2D eigenvalue weighted by atomic mass is 10.0. The minimum absolute atomic E-state index is 0.157. The number of carbonyl (C=O) groups excluding carboxylic acids is 1. The van der Waals surface area contributed by atoms with E-state index < -0.39 is 0 Å². The Hall–Kier alpha value is -0.570. The second-order valence-corrected chi connectivity index (χ2v) is 8.66. The maximum atomic E-state index is 10.6. The van der Waals surface area contributed by atoms with E-state index >= 15 is 0 Å². The monoisotopic (exact) mass is 383 g/mol. The molecule has 0 radical (unpaired) electrons. The van der Waals surface area contributed by atoms with E-state index in [1.807, 2.05) is 0 Å². The molecule has 0 heterocycles. The molecular formula is C24H49NO2. The zero-order valence-corrected chi connectivity index (χ0v) is 18.4. The zero-order valence-electron chi connectivity index (χ0n) is 18.4. The first-order valence-electron chi connectivity index (χ1n) is 12.1. The summed E-state index contributed by atoms with van der Waals surface area (Å²) in [6.07, 6.45) is 25.9. The lowest BCUT2D eigenvalue weighted by Gasteiger charge is -2.07. The molecule has 0 saturated carbocycles. The number of nitrogens with two attached hydrogens (primary N) is 1. The summed E-state index contributed by atoms with van der Waals surface area (Å²) in [6.45, 7) is 2.48. The van der Waals surface area contributed by atoms with Gasteiger partial charge in [-0.05, 0) is 18.8 Å². The molecule has 0 aliphatic carbocycles. The summed E-state index contributed by atoms with van der Waals surface area (Å²) in [5.74, 6) is 0.333. The fourth-order valence-electron chi connectivity index (χ4n) is 3.71. The van der Waals surface area contributed by atoms with Crippen molar-refractivity contribution in [3.05, 3.63) is 0 Å². The molecule has 162 valence electrons. The zero-order chi connectivity index (χ0) is 20.0. The molecule has 0 aliphatic heterocycles. The van der Waals surface area contributed by atoms with Crippen molar-refractivity contribution in [1.29, 1.82) is 0 Å². The van der Waals surface area contributed by atoms with Gasteiger partial charge in [0.1, 0.15) is 0 Å². The fourth-order valence-corrected chi connectivity index (χ4v) is 3.71. The number of hydrogen-bond acceptors (Lipinski definition) is 2. The molecule has 0 saturated heterocycles. The summed E-state index contributed by atoms with van der Waals surface area (Å²) in [6, 6.07) is 0. The molecule has 3 heteroatoms. The van der Waals surface area contributed by atoms with Crippen molar-refractivity contribution < 1.29 is 9.90 Å². The molecule has 0 aliphatic rings. The lowest BCUT2D eigenvalue weighted by Crippen LogP contribution is -2.09. The standard InChI is InChI=1S/C24H49NO2/c1-23(22-26)20-18-16-14-12-10-8-6-4-2-3-5-7-9-11-13-15-17-19-21-24(25)27/h23,26H,2-22H2,1H3,(H2,25,27). The smallest absolute Gasteiger partial charge is 0.217 e. The number of aliphatic hydroxyl groups is 1. The summed E-state index contributed by atoms with van der Waals surface area (Å²) in [4.78, 5) is 10.6. The number of aliphatic hydroxyl groups excluding tert-OH is 1. The predicted molar refractivity (Wildman–Crippen MR) is 118 cm³/mol. The second-order valence-electron chi connectivity index (χ2n) is 8.66. The molecule has 0 fully saturated rings. The molecule has 0 aromatic carbocycles. The van der Waals surface area contributed by atoms with Crippen molar-refractivity contribution in [3.8, 4) is 0 Å². The number of unbranched alkanes of at least 4 members (excludes halogenated alkanes) is 17. The van der Waals surface area contributed by atoms with Crippen LogP contribution in [0.15, 0.2) is 0 Å². The van der Waals surface area contributed by atoms with E-state index in [4.69, 9.17) is 10.8 Å². The van der Waals surface area contributed by atoms with E-state index in [0.29, 0.717) is 18.9 Å². The Balaban J connectivity index is 3.02. The lowest BCUT2D eigenvalue weighted by molar-refractivity contribution is -0.118. The van der Waals surface area contributed by atoms with Crippen LogP contribution in [0.1, 0.15) is 135 Å². The first kappa shape index (κ1) is 26.4. The van der Waals surface area contributed by atoms with Gasteiger partial charge in [0.25, 0.3) is 0 Å². The van der Waals surface area contributed by atoms with Crippen LogP contribution in [-0.2, 0) is 4.79 Å². The van der Waals surface area contributed by atoms with Crippen molar-refractivity contribution in [3.63, 3.8) is 0 Å². The fraction of sp³-hybridized carbons (Fsp3) is 0.958. The summed E-state index contributed by atoms with van der Waals surface area (Å²) in [5, 5.41) is 8.99. The van der Waals surface area contributed by atoms with Gasteiger partial charge < -0.3 is 10.8 Å². The van der Waals surface area contributed by atoms with Gasteiger partial charge in [-0.2, -0.15) is 0 Å². The van der Waals surface area contributed by atoms with Crippen LogP contribution >= 0.6 is 0 Å². The van der Waals surface area contributed by atoms with Crippen LogP contribution in [-0.4, -0.2) is 17.6 Å². The van der Waals surface area contributed by atoms with E-state index in [2.05, 4.69) is 6.92 Å². The van der Waals surface area contributed by atoms with Crippen molar-refractivity contribution in [2.24, 2.45) is 11.7 Å². The predicted octanol–water partition coefficient (Wildman–Crippen LogP) is 6.90. The average molecular weight is 384 g/mol. The topological polar surface area (TPSA) is 63.3 Å². The summed E-state index contributed by atoms with van der Waals surface area (Å²) >= 11 is 0. The SMILES string of the molecule is CC(CO)CCCCCCCCCCCCCCCCCCCCC(N)=O. The highest BCUT2D eigenvalue weighted by Crippen LogP contribution is 2.15. The van der Waals surface area contributed by atoms with E-state index in [1.165, 1.54) is 109 Å². The first-order chi connectivity index (χ1) is 13.2. The Bertz CT molecular complexity index is 307. The molecule has 3 N–H and O–H groups in total. The number of rotatable bonds is 22. The van der Waals surface area contributed by atoms with Crippen LogP contribution in [0.4, 0.5) is 0 Å². The maximum absolute atomic E-state index is 10.6. The molecule has 1 unspecified atom stereocenters. The van der Waals surface area contributed by atoms with Crippen LogP contribution in [0.2, 0.25) is 0 Å². The molecular weight excluding hydrogens is 334 g/mol. The Morgan fingerprint density at radius 3 is 1.22 bits per heavy atom. The van der Waals surface area contributed by atoms with E-state index in [0.717, 1.165) is 12.8 Å². The van der Waals surface area contributed by atoms with Gasteiger partial charge in [-0.25, -0.2) is 0 Å². The normalized spacial score (nSPS) is 12.4. The van der Waals surface area contributed by atoms with Crippen molar-refractivity contribution in [1.82, 2.24) is 0 Å². The van der Waals surface area contributed by atoms with Gasteiger partial charge in [-0.15, -0.1) is 0 Å². The molecule has 0 aromatic heterocycles. The third kappa shape index (κ3) is 23.4. The Labute approximate surface area is 169 Å². The van der Waals surface area contributed by atoms with Gasteiger partial charge in [0.05, 0.1) is 0 Å². The van der Waals surface area contributed by atoms with Crippen molar-refractivity contribution in [2.45, 2.75) is 135 Å². The third-order valence-electron chi connectivity index (χ3n) is 5.68. The first-order valence-corrected chi connectivity index (χ1v) is 12.1. The van der Waals surface area contributed by atoms with E-state index in [1.54, 1.807) is 0 Å². The average Bonchev–Trinajstić information content (AvgIpc) is 2.65. The Kier molecular flexibility index (Phi) is 21.3. The van der Waals surface area contributed by atoms with E-state index in [-0.39, 0.29) is 5.91 Å².